The molecule has 80 valence electrons. The number of aromatic nitrogens is 2. The van der Waals surface area contributed by atoms with Crippen LogP contribution in [-0.4, -0.2) is 21.0 Å². The van der Waals surface area contributed by atoms with E-state index < -0.39 is 5.97 Å². The first-order valence-electron chi connectivity index (χ1n) is 4.64. The standard InChI is InChI=1S/C11H14N2O2/c1-11(2,3)10-12-7-6-8(13-10)4-5-9(14)15/h4-7H,1-3H3,(H,14,15)/b5-4+. The van der Waals surface area contributed by atoms with Gasteiger partial charge in [0.15, 0.2) is 0 Å². The van der Waals surface area contributed by atoms with Crippen molar-refractivity contribution in [3.8, 4) is 0 Å². The maximum atomic E-state index is 10.3. The fraction of sp³-hybridized carbons (Fsp3) is 0.364. The van der Waals surface area contributed by atoms with E-state index in [-0.39, 0.29) is 5.41 Å². The van der Waals surface area contributed by atoms with Crippen LogP contribution in [0, 0.1) is 0 Å². The molecule has 4 heteroatoms. The Hall–Kier alpha value is -1.71. The van der Waals surface area contributed by atoms with Gasteiger partial charge in [0.1, 0.15) is 5.82 Å². The SMILES string of the molecule is CC(C)(C)c1nccc(/C=C/C(=O)O)n1. The van der Waals surface area contributed by atoms with E-state index in [0.717, 1.165) is 6.08 Å². The molecule has 1 aromatic rings. The van der Waals surface area contributed by atoms with E-state index >= 15 is 0 Å². The molecule has 1 aromatic heterocycles. The normalized spacial score (nSPS) is 11.9. The van der Waals surface area contributed by atoms with Gasteiger partial charge < -0.3 is 5.11 Å². The molecule has 0 aromatic carbocycles. The predicted octanol–water partition coefficient (Wildman–Crippen LogP) is 1.87. The van der Waals surface area contributed by atoms with Crippen molar-refractivity contribution >= 4 is 12.0 Å². The van der Waals surface area contributed by atoms with Gasteiger partial charge in [-0.15, -0.1) is 0 Å². The quantitative estimate of drug-likeness (QED) is 0.750. The van der Waals surface area contributed by atoms with Crippen molar-refractivity contribution in [2.45, 2.75) is 26.2 Å². The van der Waals surface area contributed by atoms with Crippen LogP contribution in [0.15, 0.2) is 18.3 Å². The molecule has 1 rings (SSSR count). The number of carboxylic acids is 1. The van der Waals surface area contributed by atoms with E-state index in [2.05, 4.69) is 9.97 Å². The molecule has 1 N–H and O–H groups in total. The Labute approximate surface area is 88.7 Å². The lowest BCUT2D eigenvalue weighted by atomic mass is 9.96. The van der Waals surface area contributed by atoms with Gasteiger partial charge >= 0.3 is 5.97 Å². The predicted molar refractivity (Wildman–Crippen MR) is 57.4 cm³/mol. The van der Waals surface area contributed by atoms with Crippen LogP contribution in [-0.2, 0) is 10.2 Å². The molecule has 4 nitrogen and oxygen atoms in total. The summed E-state index contributed by atoms with van der Waals surface area (Å²) in [5.74, 6) is -0.277. The fourth-order valence-corrected chi connectivity index (χ4v) is 0.984. The molecule has 0 aliphatic rings. The third-order valence-electron chi connectivity index (χ3n) is 1.74. The van der Waals surface area contributed by atoms with Crippen molar-refractivity contribution in [1.29, 1.82) is 0 Å². The van der Waals surface area contributed by atoms with Crippen LogP contribution in [0.25, 0.3) is 6.08 Å². The van der Waals surface area contributed by atoms with Crippen LogP contribution in [0.3, 0.4) is 0 Å². The van der Waals surface area contributed by atoms with Crippen LogP contribution < -0.4 is 0 Å². The van der Waals surface area contributed by atoms with Gasteiger partial charge in [-0.3, -0.25) is 0 Å². The van der Waals surface area contributed by atoms with E-state index in [1.807, 2.05) is 20.8 Å². The lowest BCUT2D eigenvalue weighted by molar-refractivity contribution is -0.131. The average molecular weight is 206 g/mol. The first-order chi connectivity index (χ1) is 6.89. The summed E-state index contributed by atoms with van der Waals surface area (Å²) < 4.78 is 0. The van der Waals surface area contributed by atoms with Gasteiger partial charge in [-0.1, -0.05) is 20.8 Å². The Morgan fingerprint density at radius 1 is 1.47 bits per heavy atom. The molecular weight excluding hydrogens is 192 g/mol. The van der Waals surface area contributed by atoms with Gasteiger partial charge in [0.05, 0.1) is 5.69 Å². The minimum atomic E-state index is -0.981. The maximum Gasteiger partial charge on any atom is 0.328 e. The Morgan fingerprint density at radius 3 is 2.67 bits per heavy atom. The average Bonchev–Trinajstić information content (AvgIpc) is 2.14. The molecule has 0 aliphatic heterocycles. The van der Waals surface area contributed by atoms with E-state index in [1.54, 1.807) is 12.3 Å². The summed E-state index contributed by atoms with van der Waals surface area (Å²) in [5, 5.41) is 8.47. The molecule has 1 heterocycles. The Bertz CT molecular complexity index is 392. The first-order valence-corrected chi connectivity index (χ1v) is 4.64. The van der Waals surface area contributed by atoms with Crippen molar-refractivity contribution in [3.63, 3.8) is 0 Å². The number of carbonyl (C=O) groups is 1. The minimum Gasteiger partial charge on any atom is -0.478 e. The van der Waals surface area contributed by atoms with Crippen LogP contribution in [0.1, 0.15) is 32.3 Å². The number of rotatable bonds is 2. The summed E-state index contributed by atoms with van der Waals surface area (Å²) in [5.41, 5.74) is 0.477. The molecule has 0 atom stereocenters. The molecule has 15 heavy (non-hydrogen) atoms. The van der Waals surface area contributed by atoms with Gasteiger partial charge in [0, 0.05) is 17.7 Å². The molecular formula is C11H14N2O2. The van der Waals surface area contributed by atoms with Crippen molar-refractivity contribution in [2.75, 3.05) is 0 Å². The Kier molecular flexibility index (Phi) is 3.19. The highest BCUT2D eigenvalue weighted by molar-refractivity contribution is 5.84. The summed E-state index contributed by atoms with van der Waals surface area (Å²) in [6.45, 7) is 6.02. The van der Waals surface area contributed by atoms with E-state index in [0.29, 0.717) is 11.5 Å². The summed E-state index contributed by atoms with van der Waals surface area (Å²) in [6, 6.07) is 1.68. The van der Waals surface area contributed by atoms with Crippen LogP contribution in [0.2, 0.25) is 0 Å². The Balaban J connectivity index is 2.98. The van der Waals surface area contributed by atoms with Crippen molar-refractivity contribution in [1.82, 2.24) is 9.97 Å². The monoisotopic (exact) mass is 206 g/mol. The van der Waals surface area contributed by atoms with E-state index in [9.17, 15) is 4.79 Å². The van der Waals surface area contributed by atoms with Gasteiger partial charge in [-0.05, 0) is 12.1 Å². The summed E-state index contributed by atoms with van der Waals surface area (Å²) in [6.07, 6.45) is 4.16. The molecule has 0 amide bonds. The highest BCUT2D eigenvalue weighted by atomic mass is 16.4. The lowest BCUT2D eigenvalue weighted by Crippen LogP contribution is -2.16. The summed E-state index contributed by atoms with van der Waals surface area (Å²) >= 11 is 0. The lowest BCUT2D eigenvalue weighted by Gasteiger charge is -2.15. The Morgan fingerprint density at radius 2 is 2.13 bits per heavy atom. The molecule has 0 saturated heterocycles. The highest BCUT2D eigenvalue weighted by Gasteiger charge is 2.16. The molecule has 0 fully saturated rings. The van der Waals surface area contributed by atoms with Crippen molar-refractivity contribution < 1.29 is 9.90 Å². The molecule has 0 unspecified atom stereocenters. The molecule has 0 aliphatic carbocycles. The second-order valence-electron chi connectivity index (χ2n) is 4.23. The molecule has 0 saturated carbocycles. The summed E-state index contributed by atoms with van der Waals surface area (Å²) in [7, 11) is 0. The van der Waals surface area contributed by atoms with Crippen LogP contribution in [0.4, 0.5) is 0 Å². The largest absolute Gasteiger partial charge is 0.478 e. The molecule has 0 spiro atoms. The zero-order valence-electron chi connectivity index (χ0n) is 9.06. The van der Waals surface area contributed by atoms with Crippen molar-refractivity contribution in [3.05, 3.63) is 29.9 Å². The van der Waals surface area contributed by atoms with E-state index in [4.69, 9.17) is 5.11 Å². The van der Waals surface area contributed by atoms with E-state index in [1.165, 1.54) is 6.08 Å². The number of aliphatic carboxylic acids is 1. The fourth-order valence-electron chi connectivity index (χ4n) is 0.984. The summed E-state index contributed by atoms with van der Waals surface area (Å²) in [4.78, 5) is 18.7. The first kappa shape index (κ1) is 11.4. The highest BCUT2D eigenvalue weighted by Crippen LogP contribution is 2.17. The van der Waals surface area contributed by atoms with Crippen molar-refractivity contribution in [2.24, 2.45) is 0 Å². The topological polar surface area (TPSA) is 63.1 Å². The zero-order valence-corrected chi connectivity index (χ0v) is 9.06. The van der Waals surface area contributed by atoms with Gasteiger partial charge in [0.2, 0.25) is 0 Å². The minimum absolute atomic E-state index is 0.132. The van der Waals surface area contributed by atoms with Gasteiger partial charge in [-0.25, -0.2) is 14.8 Å². The van der Waals surface area contributed by atoms with Gasteiger partial charge in [0.25, 0.3) is 0 Å². The molecule has 0 bridgehead atoms. The number of carboxylic acid groups (broad SMARTS) is 1. The third-order valence-corrected chi connectivity index (χ3v) is 1.74. The van der Waals surface area contributed by atoms with Crippen LogP contribution in [0.5, 0.6) is 0 Å². The molecule has 0 radical (unpaired) electrons. The van der Waals surface area contributed by atoms with Crippen LogP contribution >= 0.6 is 0 Å². The van der Waals surface area contributed by atoms with Gasteiger partial charge in [-0.2, -0.15) is 0 Å². The zero-order chi connectivity index (χ0) is 11.5. The number of nitrogens with zero attached hydrogens (tertiary/aromatic N) is 2. The maximum absolute atomic E-state index is 10.3. The third kappa shape index (κ3) is 3.50. The number of hydrogen-bond donors (Lipinski definition) is 1. The second-order valence-corrected chi connectivity index (χ2v) is 4.23. The smallest absolute Gasteiger partial charge is 0.328 e. The second kappa shape index (κ2) is 4.21. The number of hydrogen-bond acceptors (Lipinski definition) is 3.